The summed E-state index contributed by atoms with van der Waals surface area (Å²) in [5, 5.41) is 3.00. The van der Waals surface area contributed by atoms with E-state index < -0.39 is 0 Å². The van der Waals surface area contributed by atoms with Gasteiger partial charge in [0.15, 0.2) is 0 Å². The first-order valence-corrected chi connectivity index (χ1v) is 4.08. The van der Waals surface area contributed by atoms with Gasteiger partial charge in [-0.3, -0.25) is 0 Å². The van der Waals surface area contributed by atoms with Crippen LogP contribution in [-0.4, -0.2) is 0 Å². The summed E-state index contributed by atoms with van der Waals surface area (Å²) in [7, 11) is 0. The minimum Gasteiger partial charge on any atom is -0.399 e. The summed E-state index contributed by atoms with van der Waals surface area (Å²) in [6.07, 6.45) is 0. The standard InChI is InChI=1S/C10H8ClN.ClH/c11-9-3-1-8-6-10(12)4-2-7(8)5-9;/h1-6H,12H2;1H. The molecule has 0 saturated heterocycles. The largest absolute Gasteiger partial charge is 0.399 e. The van der Waals surface area contributed by atoms with Gasteiger partial charge in [-0.15, -0.1) is 12.4 Å². The summed E-state index contributed by atoms with van der Waals surface area (Å²) >= 11 is 5.83. The van der Waals surface area contributed by atoms with Crippen molar-refractivity contribution in [1.82, 2.24) is 0 Å². The molecule has 2 rings (SSSR count). The summed E-state index contributed by atoms with van der Waals surface area (Å²) in [6.45, 7) is 0. The van der Waals surface area contributed by atoms with Crippen LogP contribution in [0.4, 0.5) is 5.69 Å². The first kappa shape index (κ1) is 10.2. The van der Waals surface area contributed by atoms with Gasteiger partial charge in [-0.05, 0) is 35.0 Å². The van der Waals surface area contributed by atoms with Gasteiger partial charge < -0.3 is 5.73 Å². The van der Waals surface area contributed by atoms with Gasteiger partial charge in [0.05, 0.1) is 0 Å². The zero-order chi connectivity index (χ0) is 8.55. The number of benzene rings is 2. The molecule has 0 heterocycles. The molecule has 13 heavy (non-hydrogen) atoms. The number of fused-ring (bicyclic) bond motifs is 1. The molecule has 68 valence electrons. The number of halogens is 2. The molecule has 0 aromatic heterocycles. The van der Waals surface area contributed by atoms with Crippen LogP contribution in [-0.2, 0) is 0 Å². The molecule has 0 amide bonds. The summed E-state index contributed by atoms with van der Waals surface area (Å²) in [5.74, 6) is 0. The quantitative estimate of drug-likeness (QED) is 0.667. The second-order valence-electron chi connectivity index (χ2n) is 2.75. The average Bonchev–Trinajstić information content (AvgIpc) is 2.05. The molecule has 0 bridgehead atoms. The Labute approximate surface area is 87.9 Å². The van der Waals surface area contributed by atoms with Crippen molar-refractivity contribution >= 4 is 40.5 Å². The second kappa shape index (κ2) is 3.86. The lowest BCUT2D eigenvalue weighted by Gasteiger charge is -1.98. The van der Waals surface area contributed by atoms with Crippen LogP contribution in [0.5, 0.6) is 0 Å². The Morgan fingerprint density at radius 2 is 1.54 bits per heavy atom. The van der Waals surface area contributed by atoms with Crippen molar-refractivity contribution in [3.05, 3.63) is 41.4 Å². The van der Waals surface area contributed by atoms with E-state index in [0.717, 1.165) is 21.5 Å². The smallest absolute Gasteiger partial charge is 0.0412 e. The van der Waals surface area contributed by atoms with Crippen molar-refractivity contribution in [3.63, 3.8) is 0 Å². The van der Waals surface area contributed by atoms with E-state index in [1.54, 1.807) is 0 Å². The van der Waals surface area contributed by atoms with Crippen LogP contribution < -0.4 is 5.73 Å². The van der Waals surface area contributed by atoms with Gasteiger partial charge in [0.25, 0.3) is 0 Å². The SMILES string of the molecule is Cl.Nc1ccc2cc(Cl)ccc2c1. The highest BCUT2D eigenvalue weighted by molar-refractivity contribution is 6.31. The third-order valence-electron chi connectivity index (χ3n) is 1.83. The normalized spacial score (nSPS) is 9.62. The number of anilines is 1. The van der Waals surface area contributed by atoms with E-state index in [9.17, 15) is 0 Å². The highest BCUT2D eigenvalue weighted by atomic mass is 35.5. The van der Waals surface area contributed by atoms with Crippen molar-refractivity contribution in [2.45, 2.75) is 0 Å². The van der Waals surface area contributed by atoms with Crippen LogP contribution in [0.1, 0.15) is 0 Å². The average molecular weight is 214 g/mol. The Hall–Kier alpha value is -0.920. The predicted octanol–water partition coefficient (Wildman–Crippen LogP) is 3.50. The van der Waals surface area contributed by atoms with Crippen molar-refractivity contribution in [3.8, 4) is 0 Å². The van der Waals surface area contributed by atoms with Crippen molar-refractivity contribution < 1.29 is 0 Å². The lowest BCUT2D eigenvalue weighted by Crippen LogP contribution is -1.83. The van der Waals surface area contributed by atoms with Crippen LogP contribution in [0.3, 0.4) is 0 Å². The maximum Gasteiger partial charge on any atom is 0.0412 e. The Bertz CT molecular complexity index is 385. The number of nitrogen functional groups attached to an aromatic ring is 1. The molecule has 0 atom stereocenters. The van der Waals surface area contributed by atoms with E-state index in [-0.39, 0.29) is 12.4 Å². The summed E-state index contributed by atoms with van der Waals surface area (Å²) in [4.78, 5) is 0. The van der Waals surface area contributed by atoms with Crippen LogP contribution in [0.15, 0.2) is 36.4 Å². The molecule has 0 aliphatic carbocycles. The number of hydrogen-bond donors (Lipinski definition) is 1. The van der Waals surface area contributed by atoms with Crippen molar-refractivity contribution in [2.24, 2.45) is 0 Å². The number of nitrogens with two attached hydrogens (primary N) is 1. The lowest BCUT2D eigenvalue weighted by molar-refractivity contribution is 1.72. The monoisotopic (exact) mass is 213 g/mol. The number of rotatable bonds is 0. The summed E-state index contributed by atoms with van der Waals surface area (Å²) in [5.41, 5.74) is 6.41. The Kier molecular flexibility index (Phi) is 3.02. The fourth-order valence-electron chi connectivity index (χ4n) is 1.24. The van der Waals surface area contributed by atoms with Gasteiger partial charge in [0, 0.05) is 10.7 Å². The van der Waals surface area contributed by atoms with Crippen LogP contribution in [0.25, 0.3) is 10.8 Å². The first-order valence-electron chi connectivity index (χ1n) is 3.70. The molecular formula is C10H9Cl2N. The molecule has 3 heteroatoms. The molecule has 0 aliphatic rings. The molecule has 0 saturated carbocycles. The Balaban J connectivity index is 0.000000845. The minimum absolute atomic E-state index is 0. The Morgan fingerprint density at radius 1 is 0.923 bits per heavy atom. The van der Waals surface area contributed by atoms with E-state index in [4.69, 9.17) is 17.3 Å². The topological polar surface area (TPSA) is 26.0 Å². The highest BCUT2D eigenvalue weighted by Crippen LogP contribution is 2.20. The predicted molar refractivity (Wildman–Crippen MR) is 60.6 cm³/mol. The van der Waals surface area contributed by atoms with E-state index in [1.807, 2.05) is 36.4 Å². The van der Waals surface area contributed by atoms with E-state index in [0.29, 0.717) is 0 Å². The van der Waals surface area contributed by atoms with Gasteiger partial charge in [-0.25, -0.2) is 0 Å². The molecule has 0 fully saturated rings. The highest BCUT2D eigenvalue weighted by Gasteiger charge is 1.94. The Morgan fingerprint density at radius 3 is 2.31 bits per heavy atom. The van der Waals surface area contributed by atoms with Crippen LogP contribution >= 0.6 is 24.0 Å². The molecule has 2 N–H and O–H groups in total. The minimum atomic E-state index is 0. The molecule has 2 aromatic rings. The van der Waals surface area contributed by atoms with Crippen molar-refractivity contribution in [2.75, 3.05) is 5.73 Å². The van der Waals surface area contributed by atoms with Crippen LogP contribution in [0.2, 0.25) is 5.02 Å². The fourth-order valence-corrected chi connectivity index (χ4v) is 1.42. The molecular weight excluding hydrogens is 205 g/mol. The van der Waals surface area contributed by atoms with Gasteiger partial charge >= 0.3 is 0 Å². The van der Waals surface area contributed by atoms with Crippen molar-refractivity contribution in [1.29, 1.82) is 0 Å². The van der Waals surface area contributed by atoms with Gasteiger partial charge in [-0.2, -0.15) is 0 Å². The maximum absolute atomic E-state index is 5.83. The molecule has 0 unspecified atom stereocenters. The molecule has 0 spiro atoms. The summed E-state index contributed by atoms with van der Waals surface area (Å²) < 4.78 is 0. The van der Waals surface area contributed by atoms with E-state index in [1.165, 1.54) is 0 Å². The first-order chi connectivity index (χ1) is 5.75. The zero-order valence-electron chi connectivity index (χ0n) is 6.83. The van der Waals surface area contributed by atoms with Gasteiger partial charge in [0.1, 0.15) is 0 Å². The third-order valence-corrected chi connectivity index (χ3v) is 2.06. The molecule has 0 radical (unpaired) electrons. The third kappa shape index (κ3) is 2.06. The molecule has 2 aromatic carbocycles. The molecule has 0 aliphatic heterocycles. The van der Waals surface area contributed by atoms with Gasteiger partial charge in [-0.1, -0.05) is 23.7 Å². The summed E-state index contributed by atoms with van der Waals surface area (Å²) in [6, 6.07) is 11.5. The zero-order valence-corrected chi connectivity index (χ0v) is 8.40. The van der Waals surface area contributed by atoms with E-state index in [2.05, 4.69) is 0 Å². The lowest BCUT2D eigenvalue weighted by atomic mass is 10.1. The van der Waals surface area contributed by atoms with E-state index >= 15 is 0 Å². The second-order valence-corrected chi connectivity index (χ2v) is 3.19. The maximum atomic E-state index is 5.83. The van der Waals surface area contributed by atoms with Crippen LogP contribution in [0, 0.1) is 0 Å². The van der Waals surface area contributed by atoms with Gasteiger partial charge in [0.2, 0.25) is 0 Å². The molecule has 1 nitrogen and oxygen atoms in total. The number of hydrogen-bond acceptors (Lipinski definition) is 1. The fraction of sp³-hybridized carbons (Fsp3) is 0.